The minimum Gasteiger partial charge on any atom is -0.392 e. The van der Waals surface area contributed by atoms with Crippen molar-refractivity contribution in [2.75, 3.05) is 18.5 Å². The summed E-state index contributed by atoms with van der Waals surface area (Å²) < 4.78 is 49.7. The van der Waals surface area contributed by atoms with E-state index in [-0.39, 0.29) is 5.56 Å². The van der Waals surface area contributed by atoms with Crippen LogP contribution in [0.5, 0.6) is 0 Å². The molecule has 90 valence electrons. The maximum atomic E-state index is 13.5. The van der Waals surface area contributed by atoms with Crippen LogP contribution in [0.4, 0.5) is 23.4 Å². The lowest BCUT2D eigenvalue weighted by Gasteiger charge is -2.20. The fourth-order valence-corrected chi connectivity index (χ4v) is 1.20. The van der Waals surface area contributed by atoms with Crippen LogP contribution in [-0.4, -0.2) is 29.9 Å². The van der Waals surface area contributed by atoms with Gasteiger partial charge in [-0.25, -0.2) is 9.37 Å². The summed E-state index contributed by atoms with van der Waals surface area (Å²) in [6, 6.07) is 1.21. The van der Waals surface area contributed by atoms with Crippen LogP contribution in [0.1, 0.15) is 5.56 Å². The second-order valence-electron chi connectivity index (χ2n) is 3.24. The zero-order chi connectivity index (χ0) is 12.3. The van der Waals surface area contributed by atoms with Crippen molar-refractivity contribution in [2.45, 2.75) is 12.8 Å². The molecule has 0 bridgehead atoms. The molecule has 0 spiro atoms. The quantitative estimate of drug-likeness (QED) is 0.814. The third kappa shape index (κ3) is 3.06. The number of nitrogens with zero attached hydrogens (tertiary/aromatic N) is 2. The first-order chi connectivity index (χ1) is 7.35. The van der Waals surface area contributed by atoms with Crippen molar-refractivity contribution in [3.05, 3.63) is 23.6 Å². The van der Waals surface area contributed by atoms with Gasteiger partial charge in [0.15, 0.2) is 11.6 Å². The minimum absolute atomic E-state index is 0.0842. The van der Waals surface area contributed by atoms with Crippen LogP contribution in [0.15, 0.2) is 12.3 Å². The molecule has 16 heavy (non-hydrogen) atoms. The van der Waals surface area contributed by atoms with Crippen molar-refractivity contribution < 1.29 is 22.7 Å². The Labute approximate surface area is 89.3 Å². The molecular formula is C9H10F4N2O. The molecule has 1 aromatic heterocycles. The number of hydrogen-bond acceptors (Lipinski definition) is 3. The van der Waals surface area contributed by atoms with Gasteiger partial charge in [-0.3, -0.25) is 0 Å². The number of hydrogen-bond donors (Lipinski definition) is 1. The molecule has 0 fully saturated rings. The van der Waals surface area contributed by atoms with E-state index in [4.69, 9.17) is 5.11 Å². The van der Waals surface area contributed by atoms with Gasteiger partial charge in [0.05, 0.1) is 6.61 Å². The highest BCUT2D eigenvalue weighted by atomic mass is 19.4. The van der Waals surface area contributed by atoms with E-state index in [0.717, 1.165) is 13.2 Å². The Morgan fingerprint density at radius 1 is 1.44 bits per heavy atom. The summed E-state index contributed by atoms with van der Waals surface area (Å²) in [5.74, 6) is -1.36. The highest BCUT2D eigenvalue weighted by Gasteiger charge is 2.30. The molecule has 1 N–H and O–H groups in total. The molecule has 1 rings (SSSR count). The minimum atomic E-state index is -4.43. The van der Waals surface area contributed by atoms with Crippen LogP contribution >= 0.6 is 0 Å². The highest BCUT2D eigenvalue weighted by Crippen LogP contribution is 2.22. The topological polar surface area (TPSA) is 36.4 Å². The number of rotatable bonds is 3. The lowest BCUT2D eigenvalue weighted by Crippen LogP contribution is -2.32. The van der Waals surface area contributed by atoms with Gasteiger partial charge in [-0.15, -0.1) is 0 Å². The fraction of sp³-hybridized carbons (Fsp3) is 0.444. The maximum Gasteiger partial charge on any atom is 0.405 e. The Morgan fingerprint density at radius 2 is 2.06 bits per heavy atom. The van der Waals surface area contributed by atoms with Crippen LogP contribution in [0.2, 0.25) is 0 Å². The van der Waals surface area contributed by atoms with Gasteiger partial charge in [0, 0.05) is 18.8 Å². The number of anilines is 1. The second-order valence-corrected chi connectivity index (χ2v) is 3.24. The first kappa shape index (κ1) is 12.7. The third-order valence-electron chi connectivity index (χ3n) is 1.90. The number of aliphatic hydroxyl groups excluding tert-OH is 1. The zero-order valence-electron chi connectivity index (χ0n) is 8.42. The van der Waals surface area contributed by atoms with Crippen molar-refractivity contribution in [1.29, 1.82) is 0 Å². The highest BCUT2D eigenvalue weighted by molar-refractivity contribution is 5.42. The Morgan fingerprint density at radius 3 is 2.56 bits per heavy atom. The Kier molecular flexibility index (Phi) is 3.69. The van der Waals surface area contributed by atoms with E-state index in [0.29, 0.717) is 4.90 Å². The second kappa shape index (κ2) is 4.65. The van der Waals surface area contributed by atoms with Gasteiger partial charge in [-0.1, -0.05) is 0 Å². The van der Waals surface area contributed by atoms with Crippen LogP contribution in [-0.2, 0) is 6.61 Å². The largest absolute Gasteiger partial charge is 0.405 e. The molecule has 0 atom stereocenters. The van der Waals surface area contributed by atoms with E-state index in [9.17, 15) is 17.6 Å². The van der Waals surface area contributed by atoms with E-state index in [1.54, 1.807) is 0 Å². The van der Waals surface area contributed by atoms with Gasteiger partial charge in [0.25, 0.3) is 0 Å². The number of aliphatic hydroxyl groups is 1. The van der Waals surface area contributed by atoms with E-state index in [1.807, 2.05) is 0 Å². The summed E-state index contributed by atoms with van der Waals surface area (Å²) in [4.78, 5) is 4.16. The zero-order valence-corrected chi connectivity index (χ0v) is 8.42. The maximum absolute atomic E-state index is 13.5. The number of halogens is 4. The van der Waals surface area contributed by atoms with Crippen molar-refractivity contribution >= 4 is 5.82 Å². The molecule has 0 saturated heterocycles. The molecule has 0 aliphatic heterocycles. The molecule has 0 aliphatic rings. The van der Waals surface area contributed by atoms with E-state index < -0.39 is 31.0 Å². The summed E-state index contributed by atoms with van der Waals surface area (Å²) in [5, 5.41) is 8.75. The van der Waals surface area contributed by atoms with Gasteiger partial charge in [0.2, 0.25) is 0 Å². The standard InChI is InChI=1S/C9H10F4N2O/c1-15(5-9(11,12)13)8-7(10)6(4-16)2-3-14-8/h2-3,16H,4-5H2,1H3. The van der Waals surface area contributed by atoms with Crippen LogP contribution in [0.25, 0.3) is 0 Å². The summed E-state index contributed by atoms with van der Waals surface area (Å²) in [5.41, 5.74) is -0.0842. The molecule has 0 radical (unpaired) electrons. The molecule has 0 aromatic carbocycles. The SMILES string of the molecule is CN(CC(F)(F)F)c1nccc(CO)c1F. The molecule has 0 aliphatic carbocycles. The summed E-state index contributed by atoms with van der Waals surface area (Å²) in [6.45, 7) is -1.88. The molecule has 0 unspecified atom stereocenters. The average molecular weight is 238 g/mol. The first-order valence-corrected chi connectivity index (χ1v) is 4.37. The normalized spacial score (nSPS) is 11.6. The number of aromatic nitrogens is 1. The molecule has 0 saturated carbocycles. The van der Waals surface area contributed by atoms with Crippen LogP contribution < -0.4 is 4.90 Å². The molecule has 1 heterocycles. The van der Waals surface area contributed by atoms with Crippen molar-refractivity contribution in [3.8, 4) is 0 Å². The van der Waals surface area contributed by atoms with Gasteiger partial charge >= 0.3 is 6.18 Å². The Balaban J connectivity index is 2.95. The van der Waals surface area contributed by atoms with Crippen LogP contribution in [0, 0.1) is 5.82 Å². The molecule has 0 amide bonds. The first-order valence-electron chi connectivity index (χ1n) is 4.37. The van der Waals surface area contributed by atoms with Gasteiger partial charge in [0.1, 0.15) is 6.54 Å². The Hall–Kier alpha value is -1.37. The molecule has 1 aromatic rings. The summed E-state index contributed by atoms with van der Waals surface area (Å²) in [7, 11) is 1.08. The third-order valence-corrected chi connectivity index (χ3v) is 1.90. The van der Waals surface area contributed by atoms with E-state index in [2.05, 4.69) is 4.98 Å². The molecule has 3 nitrogen and oxygen atoms in total. The lowest BCUT2D eigenvalue weighted by molar-refractivity contribution is -0.119. The predicted octanol–water partition coefficient (Wildman–Crippen LogP) is 1.71. The summed E-state index contributed by atoms with van der Waals surface area (Å²) >= 11 is 0. The van der Waals surface area contributed by atoms with E-state index >= 15 is 0 Å². The number of pyridine rings is 1. The van der Waals surface area contributed by atoms with Gasteiger partial charge < -0.3 is 10.0 Å². The van der Waals surface area contributed by atoms with Crippen molar-refractivity contribution in [1.82, 2.24) is 4.98 Å². The average Bonchev–Trinajstić information content (AvgIpc) is 2.15. The number of alkyl halides is 3. The monoisotopic (exact) mass is 238 g/mol. The van der Waals surface area contributed by atoms with Crippen LogP contribution in [0.3, 0.4) is 0 Å². The van der Waals surface area contributed by atoms with Gasteiger partial charge in [-0.2, -0.15) is 13.2 Å². The van der Waals surface area contributed by atoms with E-state index in [1.165, 1.54) is 6.07 Å². The fourth-order valence-electron chi connectivity index (χ4n) is 1.20. The lowest BCUT2D eigenvalue weighted by atomic mass is 10.2. The predicted molar refractivity (Wildman–Crippen MR) is 49.4 cm³/mol. The van der Waals surface area contributed by atoms with Crippen molar-refractivity contribution in [2.24, 2.45) is 0 Å². The van der Waals surface area contributed by atoms with Gasteiger partial charge in [-0.05, 0) is 6.07 Å². The molecular weight excluding hydrogens is 228 g/mol. The summed E-state index contributed by atoms with van der Waals surface area (Å²) in [6.07, 6.45) is -3.28. The molecule has 7 heteroatoms. The Bertz CT molecular complexity index is 367. The van der Waals surface area contributed by atoms with Crippen molar-refractivity contribution in [3.63, 3.8) is 0 Å². The smallest absolute Gasteiger partial charge is 0.392 e.